The van der Waals surface area contributed by atoms with E-state index in [9.17, 15) is 4.79 Å². The number of rotatable bonds is 6. The Hall–Kier alpha value is -2.07. The SMILES string of the molecule is COC(=O)/C=C/c1ccc[n+](CCSc2ccccc2)c1. The van der Waals surface area contributed by atoms with Crippen LogP contribution in [0.25, 0.3) is 6.08 Å². The Bertz CT molecular complexity index is 611. The molecule has 0 saturated carbocycles. The number of ether oxygens (including phenoxy) is 1. The van der Waals surface area contributed by atoms with Gasteiger partial charge in [0.05, 0.1) is 12.9 Å². The van der Waals surface area contributed by atoms with Crippen molar-refractivity contribution in [1.29, 1.82) is 0 Å². The van der Waals surface area contributed by atoms with E-state index >= 15 is 0 Å². The van der Waals surface area contributed by atoms with Crippen molar-refractivity contribution >= 4 is 23.8 Å². The first-order valence-corrected chi connectivity index (χ1v) is 7.69. The van der Waals surface area contributed by atoms with Gasteiger partial charge in [0.1, 0.15) is 0 Å². The standard InChI is InChI=1S/C17H18NO2S/c1-20-17(19)10-9-15-6-5-11-18(14-15)12-13-21-16-7-3-2-4-8-16/h2-11,14H,12-13H2,1H3/q+1/b10-9+. The number of hydrogen-bond donors (Lipinski definition) is 0. The van der Waals surface area contributed by atoms with Crippen LogP contribution in [0.15, 0.2) is 65.8 Å². The minimum Gasteiger partial charge on any atom is -0.466 e. The molecule has 1 heterocycles. The molecule has 0 bridgehead atoms. The zero-order chi connectivity index (χ0) is 14.9. The molecule has 1 aromatic heterocycles. The van der Waals surface area contributed by atoms with E-state index < -0.39 is 0 Å². The van der Waals surface area contributed by atoms with Crippen LogP contribution < -0.4 is 4.57 Å². The van der Waals surface area contributed by atoms with Crippen molar-refractivity contribution in [2.75, 3.05) is 12.9 Å². The molecule has 0 aliphatic rings. The lowest BCUT2D eigenvalue weighted by molar-refractivity contribution is -0.692. The average Bonchev–Trinajstić information content (AvgIpc) is 2.54. The Morgan fingerprint density at radius 3 is 2.81 bits per heavy atom. The van der Waals surface area contributed by atoms with Crippen LogP contribution in [0.1, 0.15) is 5.56 Å². The highest BCUT2D eigenvalue weighted by atomic mass is 32.2. The van der Waals surface area contributed by atoms with Crippen LogP contribution in [0, 0.1) is 0 Å². The van der Waals surface area contributed by atoms with Gasteiger partial charge >= 0.3 is 5.97 Å². The molecule has 0 spiro atoms. The van der Waals surface area contributed by atoms with Crippen LogP contribution in [-0.2, 0) is 16.1 Å². The molecular weight excluding hydrogens is 282 g/mol. The van der Waals surface area contributed by atoms with Crippen LogP contribution in [0.2, 0.25) is 0 Å². The second-order valence-corrected chi connectivity index (χ2v) is 5.56. The third-order valence-electron chi connectivity index (χ3n) is 2.86. The highest BCUT2D eigenvalue weighted by molar-refractivity contribution is 7.99. The molecule has 0 aliphatic carbocycles. The summed E-state index contributed by atoms with van der Waals surface area (Å²) in [5, 5.41) is 0. The smallest absolute Gasteiger partial charge is 0.330 e. The molecule has 0 unspecified atom stereocenters. The summed E-state index contributed by atoms with van der Waals surface area (Å²) < 4.78 is 6.70. The maximum Gasteiger partial charge on any atom is 0.330 e. The van der Waals surface area contributed by atoms with Gasteiger partial charge in [-0.1, -0.05) is 18.2 Å². The van der Waals surface area contributed by atoms with Crippen LogP contribution in [0.3, 0.4) is 0 Å². The number of pyridine rings is 1. The number of benzene rings is 1. The third-order valence-corrected chi connectivity index (χ3v) is 3.85. The van der Waals surface area contributed by atoms with E-state index in [2.05, 4.69) is 21.4 Å². The number of thioether (sulfide) groups is 1. The molecule has 2 rings (SSSR count). The van der Waals surface area contributed by atoms with Crippen LogP contribution in [0.4, 0.5) is 0 Å². The van der Waals surface area contributed by atoms with Gasteiger partial charge in [0.15, 0.2) is 18.9 Å². The van der Waals surface area contributed by atoms with E-state index in [4.69, 9.17) is 0 Å². The highest BCUT2D eigenvalue weighted by Crippen LogP contribution is 2.16. The van der Waals surface area contributed by atoms with Gasteiger partial charge in [0, 0.05) is 22.6 Å². The number of methoxy groups -OCH3 is 1. The van der Waals surface area contributed by atoms with Crippen molar-refractivity contribution in [2.24, 2.45) is 0 Å². The average molecular weight is 300 g/mol. The number of aromatic nitrogens is 1. The van der Waals surface area contributed by atoms with Crippen molar-refractivity contribution in [1.82, 2.24) is 0 Å². The second kappa shape index (κ2) is 8.27. The van der Waals surface area contributed by atoms with E-state index in [-0.39, 0.29) is 5.97 Å². The number of nitrogens with zero attached hydrogens (tertiary/aromatic N) is 1. The van der Waals surface area contributed by atoms with Gasteiger partial charge < -0.3 is 4.74 Å². The molecule has 21 heavy (non-hydrogen) atoms. The number of esters is 1. The summed E-state index contributed by atoms with van der Waals surface area (Å²) in [5.41, 5.74) is 0.979. The normalized spacial score (nSPS) is 10.7. The monoisotopic (exact) mass is 300 g/mol. The molecule has 0 N–H and O–H groups in total. The number of aryl methyl sites for hydroxylation is 1. The number of carbonyl (C=O) groups excluding carboxylic acids is 1. The lowest BCUT2D eigenvalue weighted by atomic mass is 10.2. The Morgan fingerprint density at radius 2 is 2.05 bits per heavy atom. The minimum absolute atomic E-state index is 0.343. The summed E-state index contributed by atoms with van der Waals surface area (Å²) in [5.74, 6) is 0.656. The predicted octanol–water partition coefficient (Wildman–Crippen LogP) is 2.95. The van der Waals surface area contributed by atoms with Crippen LogP contribution in [0.5, 0.6) is 0 Å². The molecule has 2 aromatic rings. The van der Waals surface area contributed by atoms with Crippen molar-refractivity contribution < 1.29 is 14.1 Å². The van der Waals surface area contributed by atoms with E-state index in [1.165, 1.54) is 18.1 Å². The molecule has 0 fully saturated rings. The molecule has 0 radical (unpaired) electrons. The van der Waals surface area contributed by atoms with Crippen molar-refractivity contribution in [3.63, 3.8) is 0 Å². The van der Waals surface area contributed by atoms with E-state index in [0.717, 1.165) is 17.9 Å². The largest absolute Gasteiger partial charge is 0.466 e. The molecule has 0 amide bonds. The topological polar surface area (TPSA) is 30.2 Å². The van der Waals surface area contributed by atoms with Crippen molar-refractivity contribution in [3.05, 3.63) is 66.5 Å². The zero-order valence-corrected chi connectivity index (χ0v) is 12.8. The summed E-state index contributed by atoms with van der Waals surface area (Å²) in [7, 11) is 1.37. The first-order valence-electron chi connectivity index (χ1n) is 6.71. The van der Waals surface area contributed by atoms with E-state index in [1.807, 2.05) is 54.5 Å². The predicted molar refractivity (Wildman–Crippen MR) is 84.9 cm³/mol. The molecule has 108 valence electrons. The molecule has 0 atom stereocenters. The summed E-state index contributed by atoms with van der Waals surface area (Å²) in [6.07, 6.45) is 7.23. The quantitative estimate of drug-likeness (QED) is 0.356. The lowest BCUT2D eigenvalue weighted by Crippen LogP contribution is -2.34. The van der Waals surface area contributed by atoms with Gasteiger partial charge in [-0.05, 0) is 24.3 Å². The van der Waals surface area contributed by atoms with Crippen LogP contribution >= 0.6 is 11.8 Å². The van der Waals surface area contributed by atoms with Crippen molar-refractivity contribution in [2.45, 2.75) is 11.4 Å². The van der Waals surface area contributed by atoms with Gasteiger partial charge in [-0.2, -0.15) is 0 Å². The van der Waals surface area contributed by atoms with Gasteiger partial charge in [-0.15, -0.1) is 11.8 Å². The molecular formula is C17H18NO2S+. The minimum atomic E-state index is -0.343. The Balaban J connectivity index is 1.89. The fourth-order valence-corrected chi connectivity index (χ4v) is 2.69. The first-order chi connectivity index (χ1) is 10.3. The first kappa shape index (κ1) is 15.3. The fourth-order valence-electron chi connectivity index (χ4n) is 1.80. The molecule has 0 aliphatic heterocycles. The molecule has 3 nitrogen and oxygen atoms in total. The van der Waals surface area contributed by atoms with E-state index in [1.54, 1.807) is 6.08 Å². The Kier molecular flexibility index (Phi) is 6.03. The second-order valence-electron chi connectivity index (χ2n) is 4.39. The Morgan fingerprint density at radius 1 is 1.24 bits per heavy atom. The molecule has 4 heteroatoms. The fraction of sp³-hybridized carbons (Fsp3) is 0.176. The number of carbonyl (C=O) groups is 1. The molecule has 0 saturated heterocycles. The summed E-state index contributed by atoms with van der Waals surface area (Å²) >= 11 is 1.83. The number of hydrogen-bond acceptors (Lipinski definition) is 3. The summed E-state index contributed by atoms with van der Waals surface area (Å²) in [6.45, 7) is 0.916. The Labute approximate surface area is 129 Å². The van der Waals surface area contributed by atoms with Gasteiger partial charge in [0.2, 0.25) is 0 Å². The van der Waals surface area contributed by atoms with Gasteiger partial charge in [-0.3, -0.25) is 0 Å². The van der Waals surface area contributed by atoms with Crippen molar-refractivity contribution in [3.8, 4) is 0 Å². The van der Waals surface area contributed by atoms with E-state index in [0.29, 0.717) is 0 Å². The summed E-state index contributed by atoms with van der Waals surface area (Å²) in [6, 6.07) is 14.3. The lowest BCUT2D eigenvalue weighted by Gasteiger charge is -2.00. The van der Waals surface area contributed by atoms with Crippen LogP contribution in [-0.4, -0.2) is 18.8 Å². The maximum absolute atomic E-state index is 11.1. The summed E-state index contributed by atoms with van der Waals surface area (Å²) in [4.78, 5) is 12.4. The molecule has 1 aromatic carbocycles. The third kappa shape index (κ3) is 5.44. The maximum atomic E-state index is 11.1. The zero-order valence-electron chi connectivity index (χ0n) is 11.9. The van der Waals surface area contributed by atoms with Gasteiger partial charge in [0.25, 0.3) is 0 Å². The van der Waals surface area contributed by atoms with Gasteiger partial charge in [-0.25, -0.2) is 9.36 Å². The highest BCUT2D eigenvalue weighted by Gasteiger charge is 2.02.